The second kappa shape index (κ2) is 9.85. The summed E-state index contributed by atoms with van der Waals surface area (Å²) in [6.07, 6.45) is 0.395. The smallest absolute Gasteiger partial charge is 0.322 e. The first-order valence-corrected chi connectivity index (χ1v) is 11.7. The number of carbonyl (C=O) groups excluding carboxylic acids is 3. The second-order valence-corrected chi connectivity index (χ2v) is 9.40. The van der Waals surface area contributed by atoms with Gasteiger partial charge in [-0.05, 0) is 50.2 Å². The monoisotopic (exact) mass is 463 g/mol. The van der Waals surface area contributed by atoms with Crippen molar-refractivity contribution >= 4 is 23.5 Å². The number of anilines is 1. The molecule has 0 aromatic heterocycles. The zero-order valence-electron chi connectivity index (χ0n) is 20.1. The van der Waals surface area contributed by atoms with E-state index < -0.39 is 17.5 Å². The third-order valence-corrected chi connectivity index (χ3v) is 6.69. The van der Waals surface area contributed by atoms with Gasteiger partial charge in [-0.3, -0.25) is 14.9 Å². The number of para-hydroxylation sites is 1. The maximum absolute atomic E-state index is 13.1. The molecule has 8 heteroatoms. The number of hydrogen-bond donors (Lipinski definition) is 2. The summed E-state index contributed by atoms with van der Waals surface area (Å²) in [6.45, 7) is 5.69. The molecule has 2 aromatic carbocycles. The molecule has 34 heavy (non-hydrogen) atoms. The van der Waals surface area contributed by atoms with Crippen LogP contribution >= 0.6 is 0 Å². The fourth-order valence-electron chi connectivity index (χ4n) is 4.84. The summed E-state index contributed by atoms with van der Waals surface area (Å²) >= 11 is 0. The Kier molecular flexibility index (Phi) is 6.88. The first-order valence-electron chi connectivity index (χ1n) is 11.7. The molecule has 2 heterocycles. The van der Waals surface area contributed by atoms with Crippen LogP contribution in [-0.4, -0.2) is 67.9 Å². The quantitative estimate of drug-likeness (QED) is 0.615. The number of amides is 4. The van der Waals surface area contributed by atoms with E-state index in [1.807, 2.05) is 55.4 Å². The predicted molar refractivity (Wildman–Crippen MR) is 131 cm³/mol. The molecule has 2 aromatic rings. The largest absolute Gasteiger partial charge is 0.368 e. The Bertz CT molecular complexity index is 1060. The van der Waals surface area contributed by atoms with Crippen LogP contribution in [0.1, 0.15) is 29.5 Å². The van der Waals surface area contributed by atoms with Gasteiger partial charge in [0.1, 0.15) is 5.54 Å². The van der Waals surface area contributed by atoms with Gasteiger partial charge in [0.25, 0.3) is 5.91 Å². The Morgan fingerprint density at radius 3 is 2.26 bits per heavy atom. The Balaban J connectivity index is 1.41. The minimum atomic E-state index is -1.23. The number of imide groups is 1. The van der Waals surface area contributed by atoms with Crippen LogP contribution in [0.15, 0.2) is 48.5 Å². The summed E-state index contributed by atoms with van der Waals surface area (Å²) in [4.78, 5) is 44.2. The number of urea groups is 1. The third kappa shape index (κ3) is 4.92. The number of aryl methyl sites for hydroxylation is 1. The lowest BCUT2D eigenvalue weighted by Crippen LogP contribution is -2.50. The third-order valence-electron chi connectivity index (χ3n) is 6.69. The second-order valence-electron chi connectivity index (χ2n) is 9.40. The van der Waals surface area contributed by atoms with E-state index in [9.17, 15) is 14.4 Å². The summed E-state index contributed by atoms with van der Waals surface area (Å²) in [5.41, 5.74) is 3.00. The average molecular weight is 464 g/mol. The molecule has 0 radical (unpaired) electrons. The average Bonchev–Trinajstić information content (AvgIpc) is 3.11. The number of rotatable bonds is 7. The molecule has 0 spiro atoms. The fraction of sp³-hybridized carbons (Fsp3) is 0.423. The lowest BCUT2D eigenvalue weighted by molar-refractivity contribution is -0.132. The van der Waals surface area contributed by atoms with Crippen LogP contribution in [0.4, 0.5) is 10.5 Å². The number of nitrogens with zero attached hydrogens (tertiary/aromatic N) is 3. The highest BCUT2D eigenvalue weighted by Crippen LogP contribution is 2.31. The summed E-state index contributed by atoms with van der Waals surface area (Å²) in [6, 6.07) is 15.4. The van der Waals surface area contributed by atoms with Gasteiger partial charge in [0.15, 0.2) is 0 Å². The fourth-order valence-corrected chi connectivity index (χ4v) is 4.84. The number of benzene rings is 2. The highest BCUT2D eigenvalue weighted by molar-refractivity contribution is 6.07. The number of carbonyl (C=O) groups is 3. The van der Waals surface area contributed by atoms with Crippen molar-refractivity contribution in [2.24, 2.45) is 0 Å². The molecular formula is C26H33N5O3. The summed E-state index contributed by atoms with van der Waals surface area (Å²) < 4.78 is 0. The molecule has 4 rings (SSSR count). The first-order chi connectivity index (χ1) is 16.3. The van der Waals surface area contributed by atoms with Crippen LogP contribution in [0.3, 0.4) is 0 Å². The molecule has 2 saturated heterocycles. The Morgan fingerprint density at radius 2 is 1.68 bits per heavy atom. The van der Waals surface area contributed by atoms with Gasteiger partial charge in [0, 0.05) is 44.8 Å². The van der Waals surface area contributed by atoms with Gasteiger partial charge in [-0.15, -0.1) is 0 Å². The summed E-state index contributed by atoms with van der Waals surface area (Å²) in [5, 5.41) is 5.15. The molecular weight excluding hydrogens is 430 g/mol. The summed E-state index contributed by atoms with van der Waals surface area (Å²) in [5.74, 6) is -0.406. The van der Waals surface area contributed by atoms with E-state index in [2.05, 4.69) is 39.5 Å². The molecule has 2 fully saturated rings. The van der Waals surface area contributed by atoms with Gasteiger partial charge < -0.3 is 20.0 Å². The maximum atomic E-state index is 13.1. The zero-order chi connectivity index (χ0) is 24.3. The molecule has 180 valence electrons. The van der Waals surface area contributed by atoms with Crippen LogP contribution in [0.2, 0.25) is 0 Å². The van der Waals surface area contributed by atoms with Gasteiger partial charge in [-0.25, -0.2) is 4.79 Å². The van der Waals surface area contributed by atoms with Crippen LogP contribution in [0, 0.1) is 6.92 Å². The molecule has 2 N–H and O–H groups in total. The van der Waals surface area contributed by atoms with Crippen LogP contribution in [0.25, 0.3) is 0 Å². The van der Waals surface area contributed by atoms with E-state index in [4.69, 9.17) is 0 Å². The number of piperazine rings is 1. The van der Waals surface area contributed by atoms with Crippen LogP contribution in [-0.2, 0) is 21.7 Å². The molecule has 4 amide bonds. The highest BCUT2D eigenvalue weighted by Gasteiger charge is 2.47. The normalized spacial score (nSPS) is 20.5. The van der Waals surface area contributed by atoms with E-state index in [-0.39, 0.29) is 18.7 Å². The lowest BCUT2D eigenvalue weighted by atomic mass is 9.84. The number of nitrogens with one attached hydrogen (secondary N) is 2. The van der Waals surface area contributed by atoms with Crippen LogP contribution in [0.5, 0.6) is 0 Å². The lowest BCUT2D eigenvalue weighted by Gasteiger charge is -2.37. The van der Waals surface area contributed by atoms with E-state index in [0.717, 1.165) is 25.2 Å². The van der Waals surface area contributed by atoms with Crippen molar-refractivity contribution in [1.82, 2.24) is 20.4 Å². The number of hydrogen-bond acceptors (Lipinski definition) is 5. The molecule has 1 atom stereocenters. The molecule has 2 aliphatic rings. The van der Waals surface area contributed by atoms with Gasteiger partial charge in [-0.1, -0.05) is 42.5 Å². The van der Waals surface area contributed by atoms with Crippen molar-refractivity contribution in [2.45, 2.75) is 31.8 Å². The standard InChI is InChI=1S/C26H33N5O3/c1-19-6-4-5-7-22(19)30-14-16-31(17-15-30)23(32)12-13-26(24(33)27-25(34)28-26)21-10-8-20(9-11-21)18-29(2)3/h4-11H,12-18H2,1-3H3,(H2,27,28,33,34). The molecule has 0 bridgehead atoms. The van der Waals surface area contributed by atoms with Crippen molar-refractivity contribution in [2.75, 3.05) is 45.2 Å². The van der Waals surface area contributed by atoms with E-state index in [1.165, 1.54) is 11.3 Å². The topological polar surface area (TPSA) is 85.0 Å². The summed E-state index contributed by atoms with van der Waals surface area (Å²) in [7, 11) is 3.99. The molecule has 1 unspecified atom stereocenters. The Labute approximate surface area is 200 Å². The SMILES string of the molecule is Cc1ccccc1N1CCN(C(=O)CCC2(c3ccc(CN(C)C)cc3)NC(=O)NC2=O)CC1. The van der Waals surface area contributed by atoms with Crippen LogP contribution < -0.4 is 15.5 Å². The van der Waals surface area contributed by atoms with Crippen molar-refractivity contribution in [1.29, 1.82) is 0 Å². The molecule has 8 nitrogen and oxygen atoms in total. The predicted octanol–water partition coefficient (Wildman–Crippen LogP) is 2.22. The minimum absolute atomic E-state index is 0.00184. The van der Waals surface area contributed by atoms with Crippen molar-refractivity contribution in [3.8, 4) is 0 Å². The van der Waals surface area contributed by atoms with Gasteiger partial charge in [0.2, 0.25) is 5.91 Å². The molecule has 2 aliphatic heterocycles. The van der Waals surface area contributed by atoms with Gasteiger partial charge in [-0.2, -0.15) is 0 Å². The van der Waals surface area contributed by atoms with Gasteiger partial charge in [0.05, 0.1) is 0 Å². The van der Waals surface area contributed by atoms with E-state index >= 15 is 0 Å². The first kappa shape index (κ1) is 23.8. The van der Waals surface area contributed by atoms with Crippen molar-refractivity contribution < 1.29 is 14.4 Å². The maximum Gasteiger partial charge on any atom is 0.322 e. The minimum Gasteiger partial charge on any atom is -0.368 e. The Morgan fingerprint density at radius 1 is 1.00 bits per heavy atom. The van der Waals surface area contributed by atoms with Gasteiger partial charge >= 0.3 is 6.03 Å². The van der Waals surface area contributed by atoms with Crippen molar-refractivity contribution in [3.05, 3.63) is 65.2 Å². The van der Waals surface area contributed by atoms with Crippen molar-refractivity contribution in [3.63, 3.8) is 0 Å². The highest BCUT2D eigenvalue weighted by atomic mass is 16.2. The molecule has 0 aliphatic carbocycles. The zero-order valence-corrected chi connectivity index (χ0v) is 20.1. The Hall–Kier alpha value is -3.39. The van der Waals surface area contributed by atoms with E-state index in [0.29, 0.717) is 18.7 Å². The molecule has 0 saturated carbocycles. The van der Waals surface area contributed by atoms with E-state index in [1.54, 1.807) is 0 Å².